The molecule has 15 heteroatoms. The Morgan fingerprint density at radius 3 is 2.67 bits per heavy atom. The largest absolute Gasteiger partial charge is 0.481 e. The Labute approximate surface area is 213 Å². The van der Waals surface area contributed by atoms with Gasteiger partial charge in [0.05, 0.1) is 12.8 Å². The van der Waals surface area contributed by atoms with E-state index >= 15 is 0 Å². The van der Waals surface area contributed by atoms with Crippen LogP contribution in [0, 0.1) is 0 Å². The number of carboxylic acids is 2. The van der Waals surface area contributed by atoms with Crippen LogP contribution in [0.2, 0.25) is 0 Å². The highest BCUT2D eigenvalue weighted by Gasteiger charge is 2.55. The minimum absolute atomic E-state index is 0.0778. The third-order valence-electron chi connectivity index (χ3n) is 5.68. The zero-order valence-electron chi connectivity index (χ0n) is 19.0. The predicted octanol–water partition coefficient (Wildman–Crippen LogP) is -0.164. The number of hydrogen-bond donors (Lipinski definition) is 5. The van der Waals surface area contributed by atoms with Gasteiger partial charge >= 0.3 is 11.9 Å². The van der Waals surface area contributed by atoms with E-state index in [1.165, 1.54) is 11.8 Å². The predicted molar refractivity (Wildman–Crippen MR) is 129 cm³/mol. The van der Waals surface area contributed by atoms with Crippen molar-refractivity contribution in [3.8, 4) is 0 Å². The van der Waals surface area contributed by atoms with Crippen molar-refractivity contribution < 1.29 is 29.4 Å². The maximum Gasteiger partial charge on any atom is 0.352 e. The summed E-state index contributed by atoms with van der Waals surface area (Å²) in [5, 5.41) is 37.1. The summed E-state index contributed by atoms with van der Waals surface area (Å²) in [6.45, 7) is 0.591. The molecule has 0 aliphatic carbocycles. The van der Waals surface area contributed by atoms with Gasteiger partial charge in [-0.2, -0.15) is 0 Å². The van der Waals surface area contributed by atoms with Crippen molar-refractivity contribution >= 4 is 47.3 Å². The Hall–Kier alpha value is -3.43. The van der Waals surface area contributed by atoms with Crippen LogP contribution in [0.5, 0.6) is 0 Å². The van der Waals surface area contributed by atoms with Crippen LogP contribution in [0.25, 0.3) is 0 Å². The van der Waals surface area contributed by atoms with E-state index in [0.29, 0.717) is 6.54 Å². The second kappa shape index (κ2) is 11.1. The summed E-state index contributed by atoms with van der Waals surface area (Å²) in [5.41, 5.74) is 1.81. The zero-order chi connectivity index (χ0) is 25.8. The van der Waals surface area contributed by atoms with Gasteiger partial charge in [0.1, 0.15) is 17.1 Å². The highest BCUT2D eigenvalue weighted by atomic mass is 32.2. The summed E-state index contributed by atoms with van der Waals surface area (Å²) in [6.07, 6.45) is -0.314. The van der Waals surface area contributed by atoms with E-state index in [4.69, 9.17) is 0 Å². The third-order valence-corrected chi connectivity index (χ3v) is 8.12. The van der Waals surface area contributed by atoms with Crippen molar-refractivity contribution in [1.29, 1.82) is 0 Å². The molecule has 2 aromatic rings. The molecule has 0 saturated carbocycles. The van der Waals surface area contributed by atoms with Gasteiger partial charge in [0, 0.05) is 17.5 Å². The van der Waals surface area contributed by atoms with Crippen molar-refractivity contribution in [1.82, 2.24) is 36.2 Å². The molecule has 1 unspecified atom stereocenters. The molecule has 0 radical (unpaired) electrons. The van der Waals surface area contributed by atoms with E-state index in [0.717, 1.165) is 27.8 Å². The molecular weight excluding hydrogens is 510 g/mol. The van der Waals surface area contributed by atoms with E-state index in [-0.39, 0.29) is 34.5 Å². The molecule has 4 rings (SSSR count). The number of H-pyrrole nitrogens is 1. The number of hydrogen-bond acceptors (Lipinski definition) is 10. The summed E-state index contributed by atoms with van der Waals surface area (Å²) >= 11 is 2.25. The monoisotopic (exact) mass is 533 g/mol. The van der Waals surface area contributed by atoms with Crippen molar-refractivity contribution in [2.45, 2.75) is 41.2 Å². The number of carbonyl (C=O) groups is 4. The topological polar surface area (TPSA) is 190 Å². The minimum atomic E-state index is -1.35. The Balaban J connectivity index is 1.51. The van der Waals surface area contributed by atoms with Gasteiger partial charge in [0.25, 0.3) is 5.91 Å². The van der Waals surface area contributed by atoms with Gasteiger partial charge in [-0.1, -0.05) is 36.0 Å². The molecule has 2 aliphatic rings. The summed E-state index contributed by atoms with van der Waals surface area (Å²) in [7, 11) is 1.81. The minimum Gasteiger partial charge on any atom is -0.481 e. The number of tetrazole rings is 1. The number of aromatic nitrogens is 4. The van der Waals surface area contributed by atoms with Crippen LogP contribution in [0.15, 0.2) is 40.7 Å². The Bertz CT molecular complexity index is 1210. The Morgan fingerprint density at radius 1 is 1.28 bits per heavy atom. The molecule has 1 fully saturated rings. The summed E-state index contributed by atoms with van der Waals surface area (Å²) in [4.78, 5) is 50.6. The fourth-order valence-corrected chi connectivity index (χ4v) is 6.65. The number of thioether (sulfide) groups is 2. The lowest BCUT2D eigenvalue weighted by Gasteiger charge is -2.50. The van der Waals surface area contributed by atoms with Gasteiger partial charge < -0.3 is 20.8 Å². The average Bonchev–Trinajstić information content (AvgIpc) is 3.35. The Morgan fingerprint density at radius 2 is 2.03 bits per heavy atom. The van der Waals surface area contributed by atoms with E-state index in [1.54, 1.807) is 0 Å². The van der Waals surface area contributed by atoms with E-state index in [2.05, 4.69) is 31.3 Å². The normalized spacial score (nSPS) is 19.9. The second-order valence-corrected chi connectivity index (χ2v) is 10.3. The van der Waals surface area contributed by atoms with Crippen LogP contribution in [-0.2, 0) is 32.1 Å². The molecular formula is C21H23N7O6S2. The smallest absolute Gasteiger partial charge is 0.352 e. The average molecular weight is 534 g/mol. The number of carbonyl (C=O) groups excluding carboxylic acids is 2. The lowest BCUT2D eigenvalue weighted by Crippen LogP contribution is -2.70. The third kappa shape index (κ3) is 5.37. The fraction of sp³-hybridized carbons (Fsp3) is 0.381. The van der Waals surface area contributed by atoms with E-state index in [1.807, 2.05) is 31.3 Å². The molecule has 190 valence electrons. The number of aromatic amines is 1. The molecule has 0 spiro atoms. The molecule has 2 aliphatic heterocycles. The van der Waals surface area contributed by atoms with Gasteiger partial charge in [0.2, 0.25) is 11.1 Å². The van der Waals surface area contributed by atoms with Gasteiger partial charge in [-0.25, -0.2) is 9.89 Å². The van der Waals surface area contributed by atoms with E-state index in [9.17, 15) is 29.4 Å². The number of fused-ring (bicyclic) bond motifs is 1. The zero-order valence-corrected chi connectivity index (χ0v) is 20.6. The lowest BCUT2D eigenvalue weighted by molar-refractivity contribution is -0.150. The highest BCUT2D eigenvalue weighted by Crippen LogP contribution is 2.44. The lowest BCUT2D eigenvalue weighted by atomic mass is 9.99. The van der Waals surface area contributed by atoms with Crippen LogP contribution >= 0.6 is 23.5 Å². The van der Waals surface area contributed by atoms with Gasteiger partial charge in [0.15, 0.2) is 0 Å². The molecule has 36 heavy (non-hydrogen) atoms. The first-order valence-corrected chi connectivity index (χ1v) is 12.8. The quantitative estimate of drug-likeness (QED) is 0.190. The summed E-state index contributed by atoms with van der Waals surface area (Å²) in [5.74, 6) is -3.22. The number of nitrogens with one attached hydrogen (secondary N) is 3. The summed E-state index contributed by atoms with van der Waals surface area (Å²) < 4.78 is 0. The van der Waals surface area contributed by atoms with Crippen LogP contribution in [0.3, 0.4) is 0 Å². The first-order chi connectivity index (χ1) is 17.3. The highest BCUT2D eigenvalue weighted by molar-refractivity contribution is 8.01. The standard InChI is InChI=1S/C21H23N7O6S2/c1-22-8-11-5-3-2-4-10(11)6-14(29)23-16-18(32)28-17(20(33)34)12(9-35-19(16)28)13(7-15(30)31)36-21-24-26-27-25-21/h2-5,13,16,19,22H,6-9H2,1H3,(H,23,29)(H,30,31)(H,33,34)(H,24,25,26,27)/t13?,16-,19-/m0/s1. The van der Waals surface area contributed by atoms with E-state index < -0.39 is 40.9 Å². The number of aliphatic carboxylic acids is 2. The number of amides is 2. The first-order valence-electron chi connectivity index (χ1n) is 10.8. The van der Waals surface area contributed by atoms with Crippen LogP contribution < -0.4 is 10.6 Å². The summed E-state index contributed by atoms with van der Waals surface area (Å²) in [6, 6.07) is 6.60. The van der Waals surface area contributed by atoms with Crippen LogP contribution in [0.1, 0.15) is 17.5 Å². The number of nitrogens with zero attached hydrogens (tertiary/aromatic N) is 4. The number of carboxylic acid groups (broad SMARTS) is 2. The molecule has 5 N–H and O–H groups in total. The van der Waals surface area contributed by atoms with Crippen molar-refractivity contribution in [2.75, 3.05) is 12.8 Å². The molecule has 3 heterocycles. The molecule has 13 nitrogen and oxygen atoms in total. The number of β-lactam (4-membered cyclic amide) rings is 1. The number of benzene rings is 1. The molecule has 1 aromatic carbocycles. The van der Waals surface area contributed by atoms with Gasteiger partial charge in [-0.05, 0) is 34.2 Å². The van der Waals surface area contributed by atoms with Crippen molar-refractivity contribution in [3.63, 3.8) is 0 Å². The van der Waals surface area contributed by atoms with Gasteiger partial charge in [-0.15, -0.1) is 16.9 Å². The van der Waals surface area contributed by atoms with Crippen molar-refractivity contribution in [2.24, 2.45) is 0 Å². The molecule has 2 amide bonds. The molecule has 1 saturated heterocycles. The SMILES string of the molecule is CNCc1ccccc1CC(=O)N[C@H]1C(=O)N2C(C(=O)O)=C(C(CC(=O)O)Sc3nnn[nH]3)CS[C@@H]12. The maximum absolute atomic E-state index is 13.0. The molecule has 3 atom stereocenters. The van der Waals surface area contributed by atoms with Crippen LogP contribution in [0.4, 0.5) is 0 Å². The molecule has 0 bridgehead atoms. The van der Waals surface area contributed by atoms with Crippen molar-refractivity contribution in [3.05, 3.63) is 46.7 Å². The molecule has 1 aromatic heterocycles. The second-order valence-electron chi connectivity index (χ2n) is 8.02. The Kier molecular flexibility index (Phi) is 7.91. The van der Waals surface area contributed by atoms with Gasteiger partial charge in [-0.3, -0.25) is 19.3 Å². The first kappa shape index (κ1) is 25.7. The number of rotatable bonds is 11. The fourth-order valence-electron chi connectivity index (χ4n) is 4.11. The van der Waals surface area contributed by atoms with Crippen LogP contribution in [-0.4, -0.2) is 89.0 Å². The maximum atomic E-state index is 13.0.